The van der Waals surface area contributed by atoms with Gasteiger partial charge in [-0.25, -0.2) is 4.79 Å². The number of hydrogen-bond acceptors (Lipinski definition) is 3. The summed E-state index contributed by atoms with van der Waals surface area (Å²) in [6.07, 6.45) is 3.88. The molecule has 2 unspecified atom stereocenters. The van der Waals surface area contributed by atoms with E-state index in [2.05, 4.69) is 16.0 Å². The molecule has 0 aromatic carbocycles. The summed E-state index contributed by atoms with van der Waals surface area (Å²) in [4.78, 5) is 14.6. The lowest BCUT2D eigenvalue weighted by molar-refractivity contribution is 0.00355. The van der Waals surface area contributed by atoms with E-state index in [4.69, 9.17) is 9.15 Å². The van der Waals surface area contributed by atoms with Crippen molar-refractivity contribution in [1.82, 2.24) is 14.8 Å². The molecule has 0 spiro atoms. The van der Waals surface area contributed by atoms with Crippen molar-refractivity contribution >= 4 is 6.03 Å². The van der Waals surface area contributed by atoms with Crippen molar-refractivity contribution < 1.29 is 13.9 Å². The zero-order valence-electron chi connectivity index (χ0n) is 15.2. The Morgan fingerprint density at radius 1 is 1.40 bits per heavy atom. The topological polar surface area (TPSA) is 59.6 Å². The molecular formula is C19H27N3O3. The first-order valence-corrected chi connectivity index (χ1v) is 8.86. The third kappa shape index (κ3) is 4.25. The lowest BCUT2D eigenvalue weighted by Gasteiger charge is -2.35. The van der Waals surface area contributed by atoms with Crippen LogP contribution in [0.15, 0.2) is 34.9 Å². The Labute approximate surface area is 148 Å². The minimum absolute atomic E-state index is 0.0539. The molecule has 3 rings (SSSR count). The molecule has 1 aliphatic heterocycles. The molecule has 0 aliphatic carbocycles. The van der Waals surface area contributed by atoms with Crippen LogP contribution in [0.4, 0.5) is 4.79 Å². The van der Waals surface area contributed by atoms with Crippen LogP contribution in [0.3, 0.4) is 0 Å². The second-order valence-electron chi connectivity index (χ2n) is 6.73. The number of carbonyl (C=O) groups excluding carboxylic acids is 1. The van der Waals surface area contributed by atoms with E-state index >= 15 is 0 Å². The fourth-order valence-corrected chi connectivity index (χ4v) is 3.20. The van der Waals surface area contributed by atoms with Crippen LogP contribution in [0.1, 0.15) is 36.6 Å². The van der Waals surface area contributed by atoms with Crippen LogP contribution in [0.5, 0.6) is 0 Å². The second-order valence-corrected chi connectivity index (χ2v) is 6.73. The highest BCUT2D eigenvalue weighted by atomic mass is 16.5. The third-order valence-electron chi connectivity index (χ3n) is 4.73. The highest BCUT2D eigenvalue weighted by Crippen LogP contribution is 2.26. The van der Waals surface area contributed by atoms with Gasteiger partial charge >= 0.3 is 6.03 Å². The molecule has 1 aliphatic rings. The average molecular weight is 345 g/mol. The molecule has 6 heteroatoms. The molecule has 1 fully saturated rings. The van der Waals surface area contributed by atoms with Crippen LogP contribution in [-0.4, -0.2) is 41.3 Å². The molecule has 2 aromatic rings. The van der Waals surface area contributed by atoms with E-state index in [1.54, 1.807) is 0 Å². The molecule has 6 nitrogen and oxygen atoms in total. The molecule has 1 N–H and O–H groups in total. The molecule has 2 aromatic heterocycles. The Kier molecular flexibility index (Phi) is 5.48. The van der Waals surface area contributed by atoms with Gasteiger partial charge in [0, 0.05) is 31.5 Å². The van der Waals surface area contributed by atoms with Crippen molar-refractivity contribution in [2.24, 2.45) is 7.05 Å². The largest absolute Gasteiger partial charge is 0.464 e. The molecule has 3 heterocycles. The first-order chi connectivity index (χ1) is 12.0. The summed E-state index contributed by atoms with van der Waals surface area (Å²) in [5.41, 5.74) is 1.27. The summed E-state index contributed by atoms with van der Waals surface area (Å²) in [6.45, 7) is 5.55. The lowest BCUT2D eigenvalue weighted by Crippen LogP contribution is -2.50. The van der Waals surface area contributed by atoms with Crippen LogP contribution >= 0.6 is 0 Å². The monoisotopic (exact) mass is 345 g/mol. The number of hydrogen-bond donors (Lipinski definition) is 1. The lowest BCUT2D eigenvalue weighted by atomic mass is 10.1. The molecule has 2 atom stereocenters. The van der Waals surface area contributed by atoms with E-state index in [9.17, 15) is 4.79 Å². The number of rotatable bonds is 5. The Balaban J connectivity index is 1.57. The van der Waals surface area contributed by atoms with E-state index in [0.717, 1.165) is 24.4 Å². The van der Waals surface area contributed by atoms with Gasteiger partial charge in [-0.2, -0.15) is 0 Å². The normalized spacial score (nSPS) is 19.0. The first-order valence-electron chi connectivity index (χ1n) is 8.86. The van der Waals surface area contributed by atoms with E-state index in [0.29, 0.717) is 19.8 Å². The average Bonchev–Trinajstić information content (AvgIpc) is 3.21. The quantitative estimate of drug-likeness (QED) is 0.906. The maximum absolute atomic E-state index is 12.7. The van der Waals surface area contributed by atoms with Gasteiger partial charge in [0.15, 0.2) is 0 Å². The summed E-state index contributed by atoms with van der Waals surface area (Å²) in [6, 6.07) is 7.89. The number of furan rings is 1. The highest BCUT2D eigenvalue weighted by molar-refractivity contribution is 5.75. The number of nitrogens with one attached hydrogen (secondary N) is 1. The molecule has 136 valence electrons. The minimum Gasteiger partial charge on any atom is -0.464 e. The molecule has 0 bridgehead atoms. The molecule has 0 radical (unpaired) electrons. The van der Waals surface area contributed by atoms with Crippen molar-refractivity contribution in [3.8, 4) is 0 Å². The molecule has 2 amide bonds. The Morgan fingerprint density at radius 2 is 2.24 bits per heavy atom. The zero-order valence-corrected chi connectivity index (χ0v) is 15.2. The maximum Gasteiger partial charge on any atom is 0.318 e. The maximum atomic E-state index is 12.7. The van der Waals surface area contributed by atoms with E-state index in [1.165, 1.54) is 5.69 Å². The third-order valence-corrected chi connectivity index (χ3v) is 4.73. The van der Waals surface area contributed by atoms with E-state index < -0.39 is 0 Å². The van der Waals surface area contributed by atoms with Crippen molar-refractivity contribution in [3.05, 3.63) is 47.7 Å². The number of carbonyl (C=O) groups is 1. The zero-order chi connectivity index (χ0) is 17.8. The Morgan fingerprint density at radius 3 is 2.92 bits per heavy atom. The van der Waals surface area contributed by atoms with Gasteiger partial charge in [-0.05, 0) is 51.0 Å². The minimum atomic E-state index is -0.164. The standard InChI is InChI=1S/C19H27N3O3/c1-14(6-8-16-5-4-10-21(16)3)20-19(23)22-11-12-24-13-17(22)18-9-7-15(2)25-18/h4-5,7,9-10,14,17H,6,8,11-13H2,1-3H3,(H,20,23). The number of aryl methyl sites for hydroxylation is 3. The smallest absolute Gasteiger partial charge is 0.318 e. The summed E-state index contributed by atoms with van der Waals surface area (Å²) in [7, 11) is 2.04. The summed E-state index contributed by atoms with van der Waals surface area (Å²) in [5.74, 6) is 1.63. The van der Waals surface area contributed by atoms with Crippen molar-refractivity contribution in [3.63, 3.8) is 0 Å². The molecule has 25 heavy (non-hydrogen) atoms. The summed E-state index contributed by atoms with van der Waals surface area (Å²) >= 11 is 0. The Hall–Kier alpha value is -2.21. The number of aromatic nitrogens is 1. The van der Waals surface area contributed by atoms with Gasteiger partial charge in [-0.3, -0.25) is 0 Å². The first kappa shape index (κ1) is 17.6. The Bertz CT molecular complexity index is 706. The van der Waals surface area contributed by atoms with E-state index in [1.807, 2.05) is 50.2 Å². The summed E-state index contributed by atoms with van der Waals surface area (Å²) < 4.78 is 13.4. The second kappa shape index (κ2) is 7.78. The predicted octanol–water partition coefficient (Wildman–Crippen LogP) is 3.03. The van der Waals surface area contributed by atoms with Crippen molar-refractivity contribution in [2.45, 2.75) is 38.8 Å². The van der Waals surface area contributed by atoms with Crippen LogP contribution in [0, 0.1) is 6.92 Å². The van der Waals surface area contributed by atoms with Crippen molar-refractivity contribution in [2.75, 3.05) is 19.8 Å². The molecule has 1 saturated heterocycles. The predicted molar refractivity (Wildman–Crippen MR) is 95.4 cm³/mol. The number of morpholine rings is 1. The van der Waals surface area contributed by atoms with Crippen LogP contribution < -0.4 is 5.32 Å². The highest BCUT2D eigenvalue weighted by Gasteiger charge is 2.31. The summed E-state index contributed by atoms with van der Waals surface area (Å²) in [5, 5.41) is 3.12. The van der Waals surface area contributed by atoms with Gasteiger partial charge in [0.1, 0.15) is 17.6 Å². The van der Waals surface area contributed by atoms with Gasteiger partial charge in [0.25, 0.3) is 0 Å². The van der Waals surface area contributed by atoms with Gasteiger partial charge in [0.2, 0.25) is 0 Å². The van der Waals surface area contributed by atoms with E-state index in [-0.39, 0.29) is 18.1 Å². The fraction of sp³-hybridized carbons (Fsp3) is 0.526. The van der Waals surface area contributed by atoms with Crippen molar-refractivity contribution in [1.29, 1.82) is 0 Å². The van der Waals surface area contributed by atoms with Crippen LogP contribution in [0.2, 0.25) is 0 Å². The number of urea groups is 1. The van der Waals surface area contributed by atoms with Crippen LogP contribution in [0.25, 0.3) is 0 Å². The number of ether oxygens (including phenoxy) is 1. The fourth-order valence-electron chi connectivity index (χ4n) is 3.20. The SMILES string of the molecule is Cc1ccc(C2COCCN2C(=O)NC(C)CCc2cccn2C)o1. The number of nitrogens with zero attached hydrogens (tertiary/aromatic N) is 2. The molecular weight excluding hydrogens is 318 g/mol. The van der Waals surface area contributed by atoms with Crippen LogP contribution in [-0.2, 0) is 18.2 Å². The van der Waals surface area contributed by atoms with Gasteiger partial charge in [-0.15, -0.1) is 0 Å². The molecule has 0 saturated carbocycles. The van der Waals surface area contributed by atoms with Gasteiger partial charge in [0.05, 0.1) is 13.2 Å². The van der Waals surface area contributed by atoms with Gasteiger partial charge < -0.3 is 23.9 Å². The number of amides is 2. The van der Waals surface area contributed by atoms with Gasteiger partial charge in [-0.1, -0.05) is 0 Å².